The molecular weight excluding hydrogens is 286 g/mol. The first-order valence-corrected chi connectivity index (χ1v) is 8.43. The van der Waals surface area contributed by atoms with E-state index in [1.165, 1.54) is 0 Å². The van der Waals surface area contributed by atoms with Crippen molar-refractivity contribution in [1.29, 1.82) is 0 Å². The summed E-state index contributed by atoms with van der Waals surface area (Å²) < 4.78 is 25.9. The number of thioether (sulfide) groups is 1. The highest BCUT2D eigenvalue weighted by atomic mass is 32.2. The van der Waals surface area contributed by atoms with Crippen molar-refractivity contribution in [2.75, 3.05) is 6.26 Å². The summed E-state index contributed by atoms with van der Waals surface area (Å²) in [6.45, 7) is 2.83. The Kier molecular flexibility index (Phi) is 5.39. The molecule has 0 aliphatic carbocycles. The molecule has 1 aromatic rings. The predicted molar refractivity (Wildman–Crippen MR) is 75.8 cm³/mol. The minimum absolute atomic E-state index is 0.470. The highest BCUT2D eigenvalue weighted by Gasteiger charge is 2.29. The molecule has 2 N–H and O–H groups in total. The summed E-state index contributed by atoms with van der Waals surface area (Å²) in [5.74, 6) is -1.36. The lowest BCUT2D eigenvalue weighted by Gasteiger charge is -2.17. The molecule has 106 valence electrons. The molecule has 0 saturated carbocycles. The average molecular weight is 303 g/mol. The van der Waals surface area contributed by atoms with Crippen LogP contribution < -0.4 is 4.72 Å². The topological polar surface area (TPSA) is 83.5 Å². The van der Waals surface area contributed by atoms with Crippen LogP contribution in [0, 0.1) is 0 Å². The van der Waals surface area contributed by atoms with E-state index in [4.69, 9.17) is 5.11 Å². The fraction of sp³-hybridized carbons (Fsp3) is 0.417. The second-order valence-corrected chi connectivity index (χ2v) is 7.05. The second kappa shape index (κ2) is 6.40. The van der Waals surface area contributed by atoms with Crippen LogP contribution in [0.1, 0.15) is 25.5 Å². The molecule has 19 heavy (non-hydrogen) atoms. The van der Waals surface area contributed by atoms with Gasteiger partial charge in [0.15, 0.2) is 5.25 Å². The molecule has 2 unspecified atom stereocenters. The third kappa shape index (κ3) is 4.22. The van der Waals surface area contributed by atoms with Crippen molar-refractivity contribution >= 4 is 27.8 Å². The molecule has 2 atom stereocenters. The Labute approximate surface area is 117 Å². The third-order valence-electron chi connectivity index (χ3n) is 2.77. The smallest absolute Gasteiger partial charge is 0.323 e. The molecule has 5 nitrogen and oxygen atoms in total. The summed E-state index contributed by atoms with van der Waals surface area (Å²) in [6, 6.07) is 6.97. The molecule has 7 heteroatoms. The molecule has 0 aromatic heterocycles. The van der Waals surface area contributed by atoms with Gasteiger partial charge in [0.05, 0.1) is 0 Å². The van der Waals surface area contributed by atoms with Gasteiger partial charge in [-0.3, -0.25) is 4.79 Å². The number of benzene rings is 1. The Balaban J connectivity index is 2.84. The van der Waals surface area contributed by atoms with Gasteiger partial charge in [0.2, 0.25) is 10.0 Å². The number of nitrogens with one attached hydrogen (secondary N) is 1. The van der Waals surface area contributed by atoms with Gasteiger partial charge in [-0.15, -0.1) is 11.8 Å². The zero-order valence-corrected chi connectivity index (χ0v) is 12.6. The van der Waals surface area contributed by atoms with Gasteiger partial charge in [-0.05, 0) is 37.8 Å². The monoisotopic (exact) mass is 303 g/mol. The van der Waals surface area contributed by atoms with Crippen LogP contribution in [-0.2, 0) is 14.8 Å². The average Bonchev–Trinajstić information content (AvgIpc) is 2.37. The fourth-order valence-corrected chi connectivity index (χ4v) is 2.95. The van der Waals surface area contributed by atoms with Gasteiger partial charge in [0.1, 0.15) is 0 Å². The maximum Gasteiger partial charge on any atom is 0.323 e. The molecule has 0 radical (unpaired) electrons. The van der Waals surface area contributed by atoms with Crippen LogP contribution >= 0.6 is 11.8 Å². The summed E-state index contributed by atoms with van der Waals surface area (Å²) in [5, 5.41) is 7.28. The highest BCUT2D eigenvalue weighted by Crippen LogP contribution is 2.19. The van der Waals surface area contributed by atoms with Crippen LogP contribution in [0.15, 0.2) is 29.2 Å². The Morgan fingerprint density at radius 2 is 1.79 bits per heavy atom. The normalized spacial score (nSPS) is 14.9. The van der Waals surface area contributed by atoms with Crippen molar-refractivity contribution in [3.05, 3.63) is 29.8 Å². The summed E-state index contributed by atoms with van der Waals surface area (Å²) in [5.41, 5.74) is 0.791. The number of rotatable bonds is 6. The molecule has 1 aromatic carbocycles. The molecule has 0 amide bonds. The Bertz CT molecular complexity index is 539. The minimum atomic E-state index is -3.88. The fourth-order valence-electron chi connectivity index (χ4n) is 1.44. The number of hydrogen-bond acceptors (Lipinski definition) is 4. The highest BCUT2D eigenvalue weighted by molar-refractivity contribution is 7.98. The van der Waals surface area contributed by atoms with Gasteiger partial charge in [0, 0.05) is 10.9 Å². The molecule has 0 aliphatic heterocycles. The number of carboxylic acid groups (broad SMARTS) is 1. The van der Waals surface area contributed by atoms with Crippen molar-refractivity contribution < 1.29 is 18.3 Å². The van der Waals surface area contributed by atoms with Gasteiger partial charge < -0.3 is 5.11 Å². The van der Waals surface area contributed by atoms with E-state index in [1.807, 2.05) is 30.5 Å². The van der Waals surface area contributed by atoms with Gasteiger partial charge in [-0.2, -0.15) is 0 Å². The van der Waals surface area contributed by atoms with E-state index < -0.39 is 27.3 Å². The number of sulfonamides is 1. The van der Waals surface area contributed by atoms with Gasteiger partial charge in [-0.1, -0.05) is 12.1 Å². The van der Waals surface area contributed by atoms with Crippen molar-refractivity contribution in [3.8, 4) is 0 Å². The maximum atomic E-state index is 11.8. The summed E-state index contributed by atoms with van der Waals surface area (Å²) in [7, 11) is -3.88. The van der Waals surface area contributed by atoms with Crippen LogP contribution in [0.4, 0.5) is 0 Å². The van der Waals surface area contributed by atoms with Gasteiger partial charge in [-0.25, -0.2) is 13.1 Å². The first kappa shape index (κ1) is 16.0. The number of hydrogen-bond donors (Lipinski definition) is 2. The van der Waals surface area contributed by atoms with Crippen LogP contribution in [0.2, 0.25) is 0 Å². The van der Waals surface area contributed by atoms with Gasteiger partial charge in [0.25, 0.3) is 0 Å². The lowest BCUT2D eigenvalue weighted by molar-refractivity contribution is -0.136. The second-order valence-electron chi connectivity index (χ2n) is 4.14. The number of carbonyl (C=O) groups is 1. The van der Waals surface area contributed by atoms with E-state index in [0.29, 0.717) is 0 Å². The number of aliphatic carboxylic acids is 1. The standard InChI is InChI=1S/C12H17NO4S2/c1-8(10-4-6-11(18-3)7-5-10)13-19(16,17)9(2)12(14)15/h4-9,13H,1-3H3,(H,14,15). The SMILES string of the molecule is CSc1ccc(C(C)NS(=O)(=O)C(C)C(=O)O)cc1. The van der Waals surface area contributed by atoms with E-state index in [9.17, 15) is 13.2 Å². The first-order valence-electron chi connectivity index (χ1n) is 5.66. The number of carboxylic acids is 1. The van der Waals surface area contributed by atoms with Crippen molar-refractivity contribution in [2.24, 2.45) is 0 Å². The van der Waals surface area contributed by atoms with E-state index in [-0.39, 0.29) is 0 Å². The third-order valence-corrected chi connectivity index (χ3v) is 5.33. The Morgan fingerprint density at radius 3 is 2.21 bits per heavy atom. The van der Waals surface area contributed by atoms with Crippen molar-refractivity contribution in [2.45, 2.75) is 30.0 Å². The van der Waals surface area contributed by atoms with Crippen molar-refractivity contribution in [1.82, 2.24) is 4.72 Å². The van der Waals surface area contributed by atoms with Gasteiger partial charge >= 0.3 is 5.97 Å². The molecule has 1 rings (SSSR count). The van der Waals surface area contributed by atoms with Crippen LogP contribution in [0.5, 0.6) is 0 Å². The van der Waals surface area contributed by atoms with Crippen LogP contribution in [0.3, 0.4) is 0 Å². The molecule has 0 saturated heterocycles. The quantitative estimate of drug-likeness (QED) is 0.784. The van der Waals surface area contributed by atoms with E-state index in [0.717, 1.165) is 17.4 Å². The molecular formula is C12H17NO4S2. The predicted octanol–water partition coefficient (Wildman–Crippen LogP) is 1.86. The lowest BCUT2D eigenvalue weighted by atomic mass is 10.1. The largest absolute Gasteiger partial charge is 0.480 e. The summed E-state index contributed by atoms with van der Waals surface area (Å²) in [6.07, 6.45) is 1.95. The maximum absolute atomic E-state index is 11.8. The zero-order chi connectivity index (χ0) is 14.6. The molecule has 0 spiro atoms. The molecule has 0 heterocycles. The molecule has 0 aliphatic rings. The summed E-state index contributed by atoms with van der Waals surface area (Å²) >= 11 is 1.59. The van der Waals surface area contributed by atoms with Crippen LogP contribution in [-0.4, -0.2) is 31.0 Å². The molecule has 0 bridgehead atoms. The first-order chi connectivity index (χ1) is 8.77. The minimum Gasteiger partial charge on any atom is -0.480 e. The zero-order valence-electron chi connectivity index (χ0n) is 11.0. The van der Waals surface area contributed by atoms with E-state index in [1.54, 1.807) is 18.7 Å². The Morgan fingerprint density at radius 1 is 1.26 bits per heavy atom. The van der Waals surface area contributed by atoms with Crippen molar-refractivity contribution in [3.63, 3.8) is 0 Å². The lowest BCUT2D eigenvalue weighted by Crippen LogP contribution is -2.38. The molecule has 0 fully saturated rings. The van der Waals surface area contributed by atoms with E-state index >= 15 is 0 Å². The van der Waals surface area contributed by atoms with Crippen LogP contribution in [0.25, 0.3) is 0 Å². The Hall–Kier alpha value is -1.05. The van der Waals surface area contributed by atoms with E-state index in [2.05, 4.69) is 4.72 Å². The summed E-state index contributed by atoms with van der Waals surface area (Å²) in [4.78, 5) is 11.8.